The van der Waals surface area contributed by atoms with Crippen molar-refractivity contribution < 1.29 is 18.0 Å². The molecular formula is C21H32N4O4S. The van der Waals surface area contributed by atoms with Gasteiger partial charge in [-0.05, 0) is 31.4 Å². The first-order valence-corrected chi connectivity index (χ1v) is 12.2. The molecule has 0 radical (unpaired) electrons. The van der Waals surface area contributed by atoms with Crippen LogP contribution in [0, 0.1) is 0 Å². The molecule has 0 bridgehead atoms. The topological polar surface area (TPSA) is 90.0 Å². The maximum absolute atomic E-state index is 13.2. The Bertz CT molecular complexity index is 844. The second-order valence-electron chi connectivity index (χ2n) is 7.88. The van der Waals surface area contributed by atoms with Gasteiger partial charge in [0.05, 0.1) is 17.0 Å². The zero-order valence-electron chi connectivity index (χ0n) is 17.7. The molecule has 2 heterocycles. The maximum Gasteiger partial charge on any atom is 0.255 e. The number of benzene rings is 1. The summed E-state index contributed by atoms with van der Waals surface area (Å²) >= 11 is 0. The SMILES string of the molecule is CCCNC(=O)CN1CCN(C(=O)c2ccccc2S(=O)(=O)N2CCCCC2)CC1. The van der Waals surface area contributed by atoms with E-state index in [1.165, 1.54) is 10.4 Å². The predicted octanol–water partition coefficient (Wildman–Crippen LogP) is 1.15. The van der Waals surface area contributed by atoms with Crippen LogP contribution in [0.5, 0.6) is 0 Å². The predicted molar refractivity (Wildman–Crippen MR) is 115 cm³/mol. The molecule has 0 saturated carbocycles. The van der Waals surface area contributed by atoms with E-state index in [2.05, 4.69) is 5.32 Å². The number of nitrogens with zero attached hydrogens (tertiary/aromatic N) is 3. The highest BCUT2D eigenvalue weighted by atomic mass is 32.2. The number of nitrogens with one attached hydrogen (secondary N) is 1. The number of sulfonamides is 1. The van der Waals surface area contributed by atoms with Crippen LogP contribution in [0.1, 0.15) is 43.0 Å². The highest BCUT2D eigenvalue weighted by Gasteiger charge is 2.32. The number of hydrogen-bond acceptors (Lipinski definition) is 5. The van der Waals surface area contributed by atoms with Crippen LogP contribution in [0.2, 0.25) is 0 Å². The van der Waals surface area contributed by atoms with Gasteiger partial charge in [0.2, 0.25) is 15.9 Å². The highest BCUT2D eigenvalue weighted by Crippen LogP contribution is 2.25. The first-order chi connectivity index (χ1) is 14.4. The average molecular weight is 437 g/mol. The Hall–Kier alpha value is -1.97. The van der Waals surface area contributed by atoms with Gasteiger partial charge in [0.1, 0.15) is 0 Å². The van der Waals surface area contributed by atoms with E-state index in [4.69, 9.17) is 0 Å². The van der Waals surface area contributed by atoms with Crippen molar-refractivity contribution in [3.63, 3.8) is 0 Å². The normalized spacial score (nSPS) is 18.9. The minimum atomic E-state index is -3.69. The molecule has 9 heteroatoms. The molecular weight excluding hydrogens is 404 g/mol. The maximum atomic E-state index is 13.2. The van der Waals surface area contributed by atoms with E-state index in [0.717, 1.165) is 25.7 Å². The van der Waals surface area contributed by atoms with Gasteiger partial charge in [0.25, 0.3) is 5.91 Å². The van der Waals surface area contributed by atoms with Crippen molar-refractivity contribution in [3.8, 4) is 0 Å². The van der Waals surface area contributed by atoms with Crippen LogP contribution in [0.3, 0.4) is 0 Å². The van der Waals surface area contributed by atoms with Gasteiger partial charge >= 0.3 is 0 Å². The summed E-state index contributed by atoms with van der Waals surface area (Å²) < 4.78 is 27.8. The van der Waals surface area contributed by atoms with Crippen molar-refractivity contribution in [1.29, 1.82) is 0 Å². The van der Waals surface area contributed by atoms with Crippen molar-refractivity contribution >= 4 is 21.8 Å². The smallest absolute Gasteiger partial charge is 0.255 e. The first kappa shape index (κ1) is 22.7. The fourth-order valence-corrected chi connectivity index (χ4v) is 5.62. The second kappa shape index (κ2) is 10.4. The molecule has 0 unspecified atom stereocenters. The van der Waals surface area contributed by atoms with Crippen LogP contribution in [-0.2, 0) is 14.8 Å². The van der Waals surface area contributed by atoms with Gasteiger partial charge in [0.15, 0.2) is 0 Å². The van der Waals surface area contributed by atoms with Crippen LogP contribution >= 0.6 is 0 Å². The molecule has 166 valence electrons. The minimum absolute atomic E-state index is 0.00500. The van der Waals surface area contributed by atoms with Crippen LogP contribution in [0.15, 0.2) is 29.2 Å². The van der Waals surface area contributed by atoms with Gasteiger partial charge < -0.3 is 10.2 Å². The molecule has 0 atom stereocenters. The van der Waals surface area contributed by atoms with Gasteiger partial charge in [-0.25, -0.2) is 8.42 Å². The summed E-state index contributed by atoms with van der Waals surface area (Å²) in [5.74, 6) is -0.268. The molecule has 0 aliphatic carbocycles. The zero-order chi connectivity index (χ0) is 21.6. The van der Waals surface area contributed by atoms with Crippen LogP contribution in [0.25, 0.3) is 0 Å². The quantitative estimate of drug-likeness (QED) is 0.692. The molecule has 1 N–H and O–H groups in total. The highest BCUT2D eigenvalue weighted by molar-refractivity contribution is 7.89. The molecule has 2 fully saturated rings. The van der Waals surface area contributed by atoms with E-state index in [1.54, 1.807) is 23.1 Å². The molecule has 1 aromatic rings. The third-order valence-electron chi connectivity index (χ3n) is 5.65. The Balaban J connectivity index is 1.66. The van der Waals surface area contributed by atoms with E-state index in [0.29, 0.717) is 52.4 Å². The molecule has 3 rings (SSSR count). The van der Waals surface area contributed by atoms with Crippen molar-refractivity contribution in [2.24, 2.45) is 0 Å². The van der Waals surface area contributed by atoms with Crippen LogP contribution in [-0.4, -0.2) is 86.7 Å². The number of amides is 2. The summed E-state index contributed by atoms with van der Waals surface area (Å²) in [4.78, 5) is 28.9. The number of carbonyl (C=O) groups excluding carboxylic acids is 2. The van der Waals surface area contributed by atoms with E-state index in [9.17, 15) is 18.0 Å². The summed E-state index contributed by atoms with van der Waals surface area (Å²) in [6.45, 7) is 6.12. The average Bonchev–Trinajstić information content (AvgIpc) is 2.78. The zero-order valence-corrected chi connectivity index (χ0v) is 18.5. The van der Waals surface area contributed by atoms with Crippen molar-refractivity contribution in [2.45, 2.75) is 37.5 Å². The number of hydrogen-bond donors (Lipinski definition) is 1. The van der Waals surface area contributed by atoms with Gasteiger partial charge in [-0.1, -0.05) is 25.5 Å². The number of rotatable bonds is 7. The third-order valence-corrected chi connectivity index (χ3v) is 7.61. The summed E-state index contributed by atoms with van der Waals surface area (Å²) in [5.41, 5.74) is 0.234. The Morgan fingerprint density at radius 1 is 0.967 bits per heavy atom. The molecule has 1 aromatic carbocycles. The lowest BCUT2D eigenvalue weighted by Gasteiger charge is -2.35. The molecule has 2 amide bonds. The molecule has 2 aliphatic rings. The van der Waals surface area contributed by atoms with Crippen molar-refractivity contribution in [1.82, 2.24) is 19.4 Å². The third kappa shape index (κ3) is 5.39. The number of piperidine rings is 1. The van der Waals surface area contributed by atoms with Gasteiger partial charge in [0, 0.05) is 45.8 Å². The monoisotopic (exact) mass is 436 g/mol. The number of carbonyl (C=O) groups is 2. The van der Waals surface area contributed by atoms with Gasteiger partial charge in [-0.3, -0.25) is 14.5 Å². The summed E-state index contributed by atoms with van der Waals surface area (Å²) in [5, 5.41) is 2.86. The lowest BCUT2D eigenvalue weighted by atomic mass is 10.2. The number of piperazine rings is 1. The Labute approximate surface area is 179 Å². The standard InChI is InChI=1S/C21H32N4O4S/c1-2-10-22-20(26)17-23-13-15-24(16-14-23)21(27)18-8-4-5-9-19(18)30(28,29)25-11-6-3-7-12-25/h4-5,8-9H,2-3,6-7,10-17H2,1H3,(H,22,26). The van der Waals surface area contributed by atoms with Crippen molar-refractivity contribution in [2.75, 3.05) is 52.4 Å². The van der Waals surface area contributed by atoms with E-state index in [1.807, 2.05) is 11.8 Å². The second-order valence-corrected chi connectivity index (χ2v) is 9.79. The summed E-state index contributed by atoms with van der Waals surface area (Å²) in [7, 11) is -3.69. The Kier molecular flexibility index (Phi) is 7.85. The molecule has 0 spiro atoms. The lowest BCUT2D eigenvalue weighted by Crippen LogP contribution is -2.51. The lowest BCUT2D eigenvalue weighted by molar-refractivity contribution is -0.122. The molecule has 2 aliphatic heterocycles. The summed E-state index contributed by atoms with van der Waals surface area (Å²) in [6, 6.07) is 6.51. The minimum Gasteiger partial charge on any atom is -0.355 e. The molecule has 0 aromatic heterocycles. The summed E-state index contributed by atoms with van der Waals surface area (Å²) in [6.07, 6.45) is 3.63. The van der Waals surface area contributed by atoms with Crippen LogP contribution < -0.4 is 5.32 Å². The Morgan fingerprint density at radius 3 is 2.30 bits per heavy atom. The van der Waals surface area contributed by atoms with Gasteiger partial charge in [-0.15, -0.1) is 0 Å². The van der Waals surface area contributed by atoms with E-state index in [-0.39, 0.29) is 22.3 Å². The first-order valence-electron chi connectivity index (χ1n) is 10.8. The largest absolute Gasteiger partial charge is 0.355 e. The fraction of sp³-hybridized carbons (Fsp3) is 0.619. The van der Waals surface area contributed by atoms with E-state index >= 15 is 0 Å². The van der Waals surface area contributed by atoms with Crippen LogP contribution in [0.4, 0.5) is 0 Å². The molecule has 30 heavy (non-hydrogen) atoms. The van der Waals surface area contributed by atoms with Gasteiger partial charge in [-0.2, -0.15) is 4.31 Å². The Morgan fingerprint density at radius 2 is 1.63 bits per heavy atom. The molecule has 2 saturated heterocycles. The fourth-order valence-electron chi connectivity index (χ4n) is 3.92. The molecule has 8 nitrogen and oxygen atoms in total. The van der Waals surface area contributed by atoms with E-state index < -0.39 is 10.0 Å². The van der Waals surface area contributed by atoms with Crippen molar-refractivity contribution in [3.05, 3.63) is 29.8 Å².